The zero-order valence-corrected chi connectivity index (χ0v) is 15.2. The summed E-state index contributed by atoms with van der Waals surface area (Å²) in [5.74, 6) is -0.0262. The molecule has 2 heterocycles. The van der Waals surface area contributed by atoms with E-state index < -0.39 is 11.8 Å². The quantitative estimate of drug-likeness (QED) is 0.590. The number of carbonyl (C=O) groups is 1. The molecule has 1 unspecified atom stereocenters. The molecule has 0 fully saturated rings. The second kappa shape index (κ2) is 6.75. The van der Waals surface area contributed by atoms with Crippen LogP contribution < -0.4 is 11.1 Å². The van der Waals surface area contributed by atoms with Crippen LogP contribution in [0, 0.1) is 0 Å². The molecule has 1 atom stereocenters. The first-order valence-electron chi connectivity index (χ1n) is 8.92. The minimum atomic E-state index is -0.694. The molecule has 0 spiro atoms. The average Bonchev–Trinajstić information content (AvgIpc) is 3.21. The van der Waals surface area contributed by atoms with E-state index in [0.29, 0.717) is 11.1 Å². The van der Waals surface area contributed by atoms with Gasteiger partial charge in [-0.3, -0.25) is 9.36 Å². The lowest BCUT2D eigenvalue weighted by Gasteiger charge is -2.13. The number of para-hydroxylation sites is 4. The van der Waals surface area contributed by atoms with Crippen LogP contribution in [-0.2, 0) is 17.9 Å². The van der Waals surface area contributed by atoms with Gasteiger partial charge < -0.3 is 14.3 Å². The summed E-state index contributed by atoms with van der Waals surface area (Å²) in [6, 6.07) is 14.2. The summed E-state index contributed by atoms with van der Waals surface area (Å²) in [7, 11) is 0. The maximum Gasteiger partial charge on any atom is 0.420 e. The molecule has 0 aliphatic rings. The third-order valence-electron chi connectivity index (χ3n) is 4.76. The van der Waals surface area contributed by atoms with Crippen molar-refractivity contribution in [3.63, 3.8) is 0 Å². The van der Waals surface area contributed by atoms with Gasteiger partial charge in [0.1, 0.15) is 11.9 Å². The highest BCUT2D eigenvalue weighted by molar-refractivity contribution is 5.83. The Labute approximate surface area is 155 Å². The molecule has 138 valence electrons. The number of rotatable bonds is 5. The Bertz CT molecular complexity index is 1180. The normalized spacial score (nSPS) is 12.5. The van der Waals surface area contributed by atoms with Crippen molar-refractivity contribution in [2.45, 2.75) is 33.0 Å². The molecule has 0 bridgehead atoms. The van der Waals surface area contributed by atoms with E-state index in [2.05, 4.69) is 14.9 Å². The first kappa shape index (κ1) is 17.1. The monoisotopic (exact) mass is 364 g/mol. The third kappa shape index (κ3) is 2.91. The zero-order valence-electron chi connectivity index (χ0n) is 15.2. The fourth-order valence-electron chi connectivity index (χ4n) is 3.40. The molecular weight excluding hydrogens is 344 g/mol. The maximum absolute atomic E-state index is 12.7. The number of nitrogens with zero attached hydrogens (tertiary/aromatic N) is 3. The van der Waals surface area contributed by atoms with Crippen molar-refractivity contribution in [2.75, 3.05) is 0 Å². The number of fused-ring (bicyclic) bond motifs is 2. The molecule has 0 saturated carbocycles. The van der Waals surface area contributed by atoms with Gasteiger partial charge in [-0.15, -0.1) is 0 Å². The van der Waals surface area contributed by atoms with Crippen LogP contribution in [0.2, 0.25) is 0 Å². The van der Waals surface area contributed by atoms with Crippen LogP contribution in [0.5, 0.6) is 0 Å². The molecule has 0 radical (unpaired) electrons. The predicted octanol–water partition coefficient (Wildman–Crippen LogP) is 2.84. The molecule has 4 rings (SSSR count). The topological polar surface area (TPSA) is 82.1 Å². The summed E-state index contributed by atoms with van der Waals surface area (Å²) in [6.07, 6.45) is 0. The fraction of sp³-hybridized carbons (Fsp3) is 0.250. The van der Waals surface area contributed by atoms with Crippen LogP contribution in [0.25, 0.3) is 22.1 Å². The van der Waals surface area contributed by atoms with Crippen molar-refractivity contribution in [1.82, 2.24) is 19.4 Å². The molecule has 1 N–H and O–H groups in total. The Morgan fingerprint density at radius 2 is 1.85 bits per heavy atom. The predicted molar refractivity (Wildman–Crippen MR) is 102 cm³/mol. The second-order valence-electron chi connectivity index (χ2n) is 6.36. The van der Waals surface area contributed by atoms with Crippen LogP contribution in [0.1, 0.15) is 25.7 Å². The van der Waals surface area contributed by atoms with Crippen LogP contribution in [0.15, 0.2) is 57.7 Å². The first-order chi connectivity index (χ1) is 13.1. The number of aromatic nitrogens is 3. The smallest absolute Gasteiger partial charge is 0.408 e. The summed E-state index contributed by atoms with van der Waals surface area (Å²) in [5.41, 5.74) is 3.00. The van der Waals surface area contributed by atoms with Gasteiger partial charge in [0, 0.05) is 6.54 Å². The number of imidazole rings is 1. The Balaban J connectivity index is 1.58. The minimum absolute atomic E-state index is 0.265. The molecule has 1 amide bonds. The van der Waals surface area contributed by atoms with Gasteiger partial charge in [0.25, 0.3) is 0 Å². The average molecular weight is 364 g/mol. The molecule has 0 saturated heterocycles. The first-order valence-corrected chi connectivity index (χ1v) is 8.92. The lowest BCUT2D eigenvalue weighted by molar-refractivity contribution is -0.124. The van der Waals surface area contributed by atoms with Gasteiger partial charge in [0.2, 0.25) is 5.91 Å². The van der Waals surface area contributed by atoms with Crippen molar-refractivity contribution < 1.29 is 9.21 Å². The minimum Gasteiger partial charge on any atom is -0.408 e. The number of oxazole rings is 1. The summed E-state index contributed by atoms with van der Waals surface area (Å²) in [6.45, 7) is 4.77. The van der Waals surface area contributed by atoms with E-state index in [9.17, 15) is 9.59 Å². The largest absolute Gasteiger partial charge is 0.420 e. The van der Waals surface area contributed by atoms with E-state index in [1.807, 2.05) is 37.3 Å². The van der Waals surface area contributed by atoms with E-state index in [1.54, 1.807) is 25.1 Å². The SMILES string of the molecule is CCn1c(CNC(=O)C(C)n2c(=O)oc3ccccc32)nc2ccccc21. The Morgan fingerprint density at radius 1 is 1.15 bits per heavy atom. The van der Waals surface area contributed by atoms with E-state index in [1.165, 1.54) is 4.57 Å². The summed E-state index contributed by atoms with van der Waals surface area (Å²) < 4.78 is 8.66. The highest BCUT2D eigenvalue weighted by Gasteiger charge is 2.21. The summed E-state index contributed by atoms with van der Waals surface area (Å²) >= 11 is 0. The van der Waals surface area contributed by atoms with Gasteiger partial charge in [0.05, 0.1) is 23.1 Å². The highest BCUT2D eigenvalue weighted by Crippen LogP contribution is 2.18. The van der Waals surface area contributed by atoms with Crippen molar-refractivity contribution in [1.29, 1.82) is 0 Å². The standard InChI is InChI=1S/C20H20N4O3/c1-3-23-15-9-5-4-8-14(15)22-18(23)12-21-19(25)13(2)24-16-10-6-7-11-17(16)27-20(24)26/h4-11,13H,3,12H2,1-2H3,(H,21,25). The van der Waals surface area contributed by atoms with Gasteiger partial charge in [-0.25, -0.2) is 9.78 Å². The second-order valence-corrected chi connectivity index (χ2v) is 6.36. The Kier molecular flexibility index (Phi) is 4.27. The Morgan fingerprint density at radius 3 is 2.63 bits per heavy atom. The number of benzene rings is 2. The lowest BCUT2D eigenvalue weighted by atomic mass is 10.2. The fourth-order valence-corrected chi connectivity index (χ4v) is 3.40. The third-order valence-corrected chi connectivity index (χ3v) is 4.76. The van der Waals surface area contributed by atoms with Gasteiger partial charge >= 0.3 is 5.76 Å². The van der Waals surface area contributed by atoms with Crippen molar-refractivity contribution in [3.8, 4) is 0 Å². The molecule has 4 aromatic rings. The molecular formula is C20H20N4O3. The number of nitrogens with one attached hydrogen (secondary N) is 1. The number of carbonyl (C=O) groups excluding carboxylic acids is 1. The van der Waals surface area contributed by atoms with Crippen molar-refractivity contribution in [3.05, 3.63) is 64.9 Å². The zero-order chi connectivity index (χ0) is 19.0. The van der Waals surface area contributed by atoms with Gasteiger partial charge in [-0.1, -0.05) is 24.3 Å². The lowest BCUT2D eigenvalue weighted by Crippen LogP contribution is -2.34. The molecule has 7 nitrogen and oxygen atoms in total. The van der Waals surface area contributed by atoms with Gasteiger partial charge in [-0.2, -0.15) is 0 Å². The number of aryl methyl sites for hydroxylation is 1. The molecule has 0 aliphatic carbocycles. The number of hydrogen-bond acceptors (Lipinski definition) is 4. The molecule has 2 aromatic carbocycles. The molecule has 2 aromatic heterocycles. The highest BCUT2D eigenvalue weighted by atomic mass is 16.4. The van der Waals surface area contributed by atoms with Gasteiger partial charge in [0.15, 0.2) is 5.58 Å². The number of amides is 1. The maximum atomic E-state index is 12.7. The van der Waals surface area contributed by atoms with Gasteiger partial charge in [-0.05, 0) is 38.1 Å². The summed E-state index contributed by atoms with van der Waals surface area (Å²) in [5, 5.41) is 2.89. The van der Waals surface area contributed by atoms with Crippen LogP contribution in [0.4, 0.5) is 0 Å². The Hall–Kier alpha value is -3.35. The van der Waals surface area contributed by atoms with E-state index in [4.69, 9.17) is 4.42 Å². The molecule has 0 aliphatic heterocycles. The number of hydrogen-bond donors (Lipinski definition) is 1. The van der Waals surface area contributed by atoms with Crippen molar-refractivity contribution in [2.24, 2.45) is 0 Å². The van der Waals surface area contributed by atoms with Crippen LogP contribution in [0.3, 0.4) is 0 Å². The van der Waals surface area contributed by atoms with E-state index in [-0.39, 0.29) is 12.5 Å². The molecule has 27 heavy (non-hydrogen) atoms. The summed E-state index contributed by atoms with van der Waals surface area (Å²) in [4.78, 5) is 29.5. The van der Waals surface area contributed by atoms with E-state index >= 15 is 0 Å². The molecule has 7 heteroatoms. The van der Waals surface area contributed by atoms with Crippen LogP contribution >= 0.6 is 0 Å². The van der Waals surface area contributed by atoms with Crippen molar-refractivity contribution >= 4 is 28.0 Å². The van der Waals surface area contributed by atoms with Crippen LogP contribution in [-0.4, -0.2) is 20.0 Å². The van der Waals surface area contributed by atoms with E-state index in [0.717, 1.165) is 23.4 Å².